The van der Waals surface area contributed by atoms with E-state index in [0.29, 0.717) is 28.7 Å². The first-order valence-corrected chi connectivity index (χ1v) is 13.7. The van der Waals surface area contributed by atoms with E-state index >= 15 is 0 Å². The molecule has 0 N–H and O–H groups in total. The van der Waals surface area contributed by atoms with E-state index in [2.05, 4.69) is 19.1 Å². The van der Waals surface area contributed by atoms with Crippen molar-refractivity contribution in [2.24, 2.45) is 0 Å². The summed E-state index contributed by atoms with van der Waals surface area (Å²) in [6, 6.07) is 7.16. The molecule has 0 heterocycles. The van der Waals surface area contributed by atoms with Gasteiger partial charge in [-0.25, -0.2) is 0 Å². The highest BCUT2D eigenvalue weighted by Crippen LogP contribution is 2.28. The summed E-state index contributed by atoms with van der Waals surface area (Å²) >= 11 is 0. The number of hydrogen-bond acceptors (Lipinski definition) is 2. The molecule has 0 spiro atoms. The minimum Gasteiger partial charge on any atom is -0.289 e. The van der Waals surface area contributed by atoms with E-state index in [9.17, 15) is 9.59 Å². The molecule has 182 valence electrons. The van der Waals surface area contributed by atoms with Crippen LogP contribution in [0.1, 0.15) is 144 Å². The molecule has 33 heavy (non-hydrogen) atoms. The van der Waals surface area contributed by atoms with Crippen LogP contribution < -0.4 is 0 Å². The van der Waals surface area contributed by atoms with Gasteiger partial charge in [-0.05, 0) is 26.2 Å². The van der Waals surface area contributed by atoms with Crippen molar-refractivity contribution in [3.05, 3.63) is 58.7 Å². The molecular formula is C31H46O2. The summed E-state index contributed by atoms with van der Waals surface area (Å²) < 4.78 is 0. The molecule has 1 aliphatic rings. The number of fused-ring (bicyclic) bond motifs is 1. The summed E-state index contributed by atoms with van der Waals surface area (Å²) in [5.41, 5.74) is 2.37. The number of hydrogen-bond donors (Lipinski definition) is 0. The maximum absolute atomic E-state index is 12.7. The molecule has 0 atom stereocenters. The van der Waals surface area contributed by atoms with Gasteiger partial charge in [-0.1, -0.05) is 133 Å². The number of benzene rings is 1. The van der Waals surface area contributed by atoms with E-state index in [-0.39, 0.29) is 11.6 Å². The molecule has 2 nitrogen and oxygen atoms in total. The molecule has 0 aromatic heterocycles. The molecule has 0 radical (unpaired) electrons. The molecule has 1 aliphatic carbocycles. The third-order valence-electron chi connectivity index (χ3n) is 6.95. The largest absolute Gasteiger partial charge is 0.289 e. The Morgan fingerprint density at radius 3 is 1.58 bits per heavy atom. The Morgan fingerprint density at radius 1 is 0.606 bits per heavy atom. The van der Waals surface area contributed by atoms with Gasteiger partial charge in [0, 0.05) is 22.3 Å². The standard InChI is InChI=1S/C31H46O2/c1-3-4-5-6-7-8-9-10-11-12-13-14-15-16-17-18-19-20-23-27-26(2)30(32)28-24-21-22-25-29(28)31(27)33/h19-22,24-25H,3-18,23H2,1-2H3. The van der Waals surface area contributed by atoms with Crippen molar-refractivity contribution in [1.29, 1.82) is 0 Å². The summed E-state index contributed by atoms with van der Waals surface area (Å²) in [6.45, 7) is 4.07. The second-order valence-electron chi connectivity index (χ2n) is 9.72. The van der Waals surface area contributed by atoms with E-state index in [4.69, 9.17) is 0 Å². The van der Waals surface area contributed by atoms with Gasteiger partial charge >= 0.3 is 0 Å². The Hall–Kier alpha value is -1.96. The van der Waals surface area contributed by atoms with Crippen molar-refractivity contribution in [3.8, 4) is 0 Å². The van der Waals surface area contributed by atoms with Crippen LogP contribution in [0.5, 0.6) is 0 Å². The number of carbonyl (C=O) groups is 2. The van der Waals surface area contributed by atoms with E-state index in [1.165, 1.54) is 96.3 Å². The normalized spacial score (nSPS) is 13.9. The minimum atomic E-state index is -0.00370. The van der Waals surface area contributed by atoms with Gasteiger partial charge in [-0.3, -0.25) is 9.59 Å². The van der Waals surface area contributed by atoms with E-state index < -0.39 is 0 Å². The SMILES string of the molecule is CCCCCCCCCCCCCCCCCC=CCC1=C(C)C(=O)c2ccccc2C1=O. The lowest BCUT2D eigenvalue weighted by atomic mass is 9.83. The van der Waals surface area contributed by atoms with Crippen molar-refractivity contribution < 1.29 is 9.59 Å². The van der Waals surface area contributed by atoms with Gasteiger partial charge < -0.3 is 0 Å². The molecule has 0 saturated heterocycles. The van der Waals surface area contributed by atoms with Gasteiger partial charge in [0.2, 0.25) is 0 Å². The van der Waals surface area contributed by atoms with Crippen LogP contribution in [0.3, 0.4) is 0 Å². The number of rotatable bonds is 18. The van der Waals surface area contributed by atoms with Gasteiger partial charge in [0.05, 0.1) is 0 Å². The Kier molecular flexibility index (Phi) is 13.7. The molecule has 0 unspecified atom stereocenters. The molecule has 1 aromatic rings. The maximum Gasteiger partial charge on any atom is 0.190 e. The zero-order chi connectivity index (χ0) is 23.7. The van der Waals surface area contributed by atoms with E-state index in [1.807, 2.05) is 12.1 Å². The number of unbranched alkanes of at least 4 members (excludes halogenated alkanes) is 15. The molecule has 0 amide bonds. The van der Waals surface area contributed by atoms with Crippen LogP contribution in [-0.4, -0.2) is 11.6 Å². The fourth-order valence-corrected chi connectivity index (χ4v) is 4.75. The van der Waals surface area contributed by atoms with Crippen molar-refractivity contribution in [3.63, 3.8) is 0 Å². The average molecular weight is 451 g/mol. The molecule has 2 rings (SSSR count). The van der Waals surface area contributed by atoms with Gasteiger partial charge in [0.1, 0.15) is 0 Å². The summed E-state index contributed by atoms with van der Waals surface area (Å²) in [5.74, 6) is 0.00957. The first-order valence-electron chi connectivity index (χ1n) is 13.7. The van der Waals surface area contributed by atoms with Crippen molar-refractivity contribution in [2.75, 3.05) is 0 Å². The van der Waals surface area contributed by atoms with E-state index in [1.54, 1.807) is 19.1 Å². The summed E-state index contributed by atoms with van der Waals surface area (Å²) in [6.07, 6.45) is 26.6. The fourth-order valence-electron chi connectivity index (χ4n) is 4.75. The topological polar surface area (TPSA) is 34.1 Å². The van der Waals surface area contributed by atoms with Crippen molar-refractivity contribution in [1.82, 2.24) is 0 Å². The highest BCUT2D eigenvalue weighted by molar-refractivity contribution is 6.26. The summed E-state index contributed by atoms with van der Waals surface area (Å²) in [5, 5.41) is 0. The van der Waals surface area contributed by atoms with Crippen LogP contribution in [0, 0.1) is 0 Å². The molecule has 0 bridgehead atoms. The average Bonchev–Trinajstić information content (AvgIpc) is 2.83. The lowest BCUT2D eigenvalue weighted by Crippen LogP contribution is -2.20. The highest BCUT2D eigenvalue weighted by atomic mass is 16.1. The number of carbonyl (C=O) groups excluding carboxylic acids is 2. The van der Waals surface area contributed by atoms with Crippen LogP contribution in [-0.2, 0) is 0 Å². The zero-order valence-corrected chi connectivity index (χ0v) is 21.3. The van der Waals surface area contributed by atoms with Crippen LogP contribution in [0.4, 0.5) is 0 Å². The second kappa shape index (κ2) is 16.6. The van der Waals surface area contributed by atoms with Crippen LogP contribution in [0.15, 0.2) is 47.6 Å². The second-order valence-corrected chi connectivity index (χ2v) is 9.72. The van der Waals surface area contributed by atoms with Gasteiger partial charge in [-0.15, -0.1) is 0 Å². The quantitative estimate of drug-likeness (QED) is 0.165. The van der Waals surface area contributed by atoms with E-state index in [0.717, 1.165) is 6.42 Å². The summed E-state index contributed by atoms with van der Waals surface area (Å²) in [4.78, 5) is 25.3. The Balaban J connectivity index is 1.46. The third-order valence-corrected chi connectivity index (χ3v) is 6.95. The fraction of sp³-hybridized carbons (Fsp3) is 0.613. The van der Waals surface area contributed by atoms with Crippen molar-refractivity contribution >= 4 is 11.6 Å². The minimum absolute atomic E-state index is 0.00370. The van der Waals surface area contributed by atoms with Gasteiger partial charge in [0.25, 0.3) is 0 Å². The van der Waals surface area contributed by atoms with Crippen LogP contribution in [0.25, 0.3) is 0 Å². The van der Waals surface area contributed by atoms with Gasteiger partial charge in [-0.2, -0.15) is 0 Å². The highest BCUT2D eigenvalue weighted by Gasteiger charge is 2.28. The van der Waals surface area contributed by atoms with Gasteiger partial charge in [0.15, 0.2) is 11.6 Å². The molecule has 0 fully saturated rings. The number of allylic oxidation sites excluding steroid dienone is 4. The lowest BCUT2D eigenvalue weighted by Gasteiger charge is -2.17. The van der Waals surface area contributed by atoms with Crippen LogP contribution in [0.2, 0.25) is 0 Å². The smallest absolute Gasteiger partial charge is 0.190 e. The molecule has 0 saturated carbocycles. The number of ketones is 2. The number of Topliss-reactive ketones (excluding diaryl/α,β-unsaturated/α-hetero) is 2. The summed E-state index contributed by atoms with van der Waals surface area (Å²) in [7, 11) is 0. The zero-order valence-electron chi connectivity index (χ0n) is 21.3. The first kappa shape index (κ1) is 27.3. The lowest BCUT2D eigenvalue weighted by molar-refractivity contribution is 0.0973. The van der Waals surface area contributed by atoms with Crippen molar-refractivity contribution in [2.45, 2.75) is 123 Å². The molecular weight excluding hydrogens is 404 g/mol. The predicted octanol–water partition coefficient (Wildman–Crippen LogP) is 9.59. The first-order chi connectivity index (χ1) is 16.2. The Morgan fingerprint density at radius 2 is 1.06 bits per heavy atom. The Labute approximate surface area is 202 Å². The molecule has 2 heteroatoms. The third kappa shape index (κ3) is 9.82. The predicted molar refractivity (Wildman–Crippen MR) is 141 cm³/mol. The molecule has 0 aliphatic heterocycles. The van der Waals surface area contributed by atoms with Crippen LogP contribution >= 0.6 is 0 Å². The Bertz CT molecular complexity index is 784. The maximum atomic E-state index is 12.7. The molecule has 1 aromatic carbocycles. The monoisotopic (exact) mass is 450 g/mol.